The molecule has 0 saturated heterocycles. The molecule has 0 radical (unpaired) electrons. The van der Waals surface area contributed by atoms with Crippen molar-refractivity contribution in [1.82, 2.24) is 9.55 Å². The van der Waals surface area contributed by atoms with Crippen molar-refractivity contribution in [2.24, 2.45) is 10.2 Å². The molecule has 1 heterocycles. The van der Waals surface area contributed by atoms with Crippen LogP contribution in [0, 0.1) is 13.8 Å². The summed E-state index contributed by atoms with van der Waals surface area (Å²) in [7, 11) is 0. The molecule has 0 N–H and O–H groups in total. The average Bonchev–Trinajstić information content (AvgIpc) is 2.85. The van der Waals surface area contributed by atoms with E-state index in [2.05, 4.69) is 51.8 Å². The first-order valence-corrected chi connectivity index (χ1v) is 7.13. The van der Waals surface area contributed by atoms with Crippen molar-refractivity contribution >= 4 is 22.7 Å². The van der Waals surface area contributed by atoms with Crippen LogP contribution in [0.15, 0.2) is 52.7 Å². The number of aryl methyl sites for hydroxylation is 3. The molecule has 0 aliphatic carbocycles. The Morgan fingerprint density at radius 2 is 1.86 bits per heavy atom. The molecule has 0 atom stereocenters. The quantitative estimate of drug-likeness (QED) is 0.615. The lowest BCUT2D eigenvalue weighted by molar-refractivity contribution is 0.781. The smallest absolute Gasteiger partial charge is 0.250 e. The number of aromatic nitrogens is 2. The number of nitrogens with zero attached hydrogens (tertiary/aromatic N) is 4. The normalized spacial score (nSPS) is 11.6. The summed E-state index contributed by atoms with van der Waals surface area (Å²) in [6.45, 7) is 7.00. The zero-order valence-electron chi connectivity index (χ0n) is 12.5. The van der Waals surface area contributed by atoms with E-state index in [1.807, 2.05) is 31.2 Å². The second kappa shape index (κ2) is 5.48. The second-order valence-corrected chi connectivity index (χ2v) is 5.13. The van der Waals surface area contributed by atoms with Crippen LogP contribution in [0.4, 0.5) is 11.6 Å². The average molecular weight is 278 g/mol. The van der Waals surface area contributed by atoms with E-state index in [0.29, 0.717) is 5.95 Å². The van der Waals surface area contributed by atoms with Crippen LogP contribution >= 0.6 is 0 Å². The largest absolute Gasteiger partial charge is 0.307 e. The molecule has 4 heteroatoms. The van der Waals surface area contributed by atoms with Gasteiger partial charge in [0, 0.05) is 6.54 Å². The molecule has 3 aromatic rings. The van der Waals surface area contributed by atoms with E-state index in [1.165, 1.54) is 5.56 Å². The fourth-order valence-corrected chi connectivity index (χ4v) is 2.38. The molecule has 3 rings (SSSR count). The highest BCUT2D eigenvalue weighted by Crippen LogP contribution is 2.25. The molecule has 21 heavy (non-hydrogen) atoms. The third-order valence-electron chi connectivity index (χ3n) is 3.56. The van der Waals surface area contributed by atoms with Gasteiger partial charge >= 0.3 is 0 Å². The standard InChI is InChI=1S/C17H18N4/c1-4-21-16-8-6-5-7-14(16)18-17(21)20-19-15-11-12(2)9-10-13(15)3/h5-11H,4H2,1-3H3. The molecule has 106 valence electrons. The zero-order chi connectivity index (χ0) is 14.8. The first-order valence-electron chi connectivity index (χ1n) is 7.13. The van der Waals surface area contributed by atoms with Gasteiger partial charge in [0.25, 0.3) is 0 Å². The lowest BCUT2D eigenvalue weighted by Gasteiger charge is -2.02. The molecule has 1 aromatic heterocycles. The number of azo groups is 1. The Labute approximate surface area is 124 Å². The lowest BCUT2D eigenvalue weighted by Crippen LogP contribution is -1.92. The highest BCUT2D eigenvalue weighted by Gasteiger charge is 2.08. The van der Waals surface area contributed by atoms with E-state index in [1.54, 1.807) is 0 Å². The molecule has 4 nitrogen and oxygen atoms in total. The van der Waals surface area contributed by atoms with Crippen molar-refractivity contribution in [2.75, 3.05) is 0 Å². The number of hydrogen-bond donors (Lipinski definition) is 0. The van der Waals surface area contributed by atoms with E-state index < -0.39 is 0 Å². The number of para-hydroxylation sites is 2. The fourth-order valence-electron chi connectivity index (χ4n) is 2.38. The predicted octanol–water partition coefficient (Wildman–Crippen LogP) is 5.09. The van der Waals surface area contributed by atoms with E-state index in [9.17, 15) is 0 Å². The van der Waals surface area contributed by atoms with Crippen molar-refractivity contribution < 1.29 is 0 Å². The Balaban J connectivity index is 2.05. The Morgan fingerprint density at radius 3 is 2.67 bits per heavy atom. The van der Waals surface area contributed by atoms with Crippen LogP contribution < -0.4 is 0 Å². The third kappa shape index (κ3) is 2.57. The van der Waals surface area contributed by atoms with E-state index in [4.69, 9.17) is 0 Å². The second-order valence-electron chi connectivity index (χ2n) is 5.13. The maximum absolute atomic E-state index is 4.55. The molecule has 0 unspecified atom stereocenters. The molecular weight excluding hydrogens is 260 g/mol. The lowest BCUT2D eigenvalue weighted by atomic mass is 10.1. The highest BCUT2D eigenvalue weighted by molar-refractivity contribution is 5.77. The highest BCUT2D eigenvalue weighted by atomic mass is 15.3. The van der Waals surface area contributed by atoms with Gasteiger partial charge in [-0.3, -0.25) is 0 Å². The first kappa shape index (κ1) is 13.5. The van der Waals surface area contributed by atoms with Crippen LogP contribution in [-0.4, -0.2) is 9.55 Å². The summed E-state index contributed by atoms with van der Waals surface area (Å²) in [4.78, 5) is 4.55. The van der Waals surface area contributed by atoms with E-state index >= 15 is 0 Å². The van der Waals surface area contributed by atoms with Crippen molar-refractivity contribution in [3.8, 4) is 0 Å². The monoisotopic (exact) mass is 278 g/mol. The summed E-state index contributed by atoms with van der Waals surface area (Å²) in [5, 5.41) is 8.75. The molecular formula is C17H18N4. The van der Waals surface area contributed by atoms with Gasteiger partial charge in [0.1, 0.15) is 0 Å². The van der Waals surface area contributed by atoms with Gasteiger partial charge < -0.3 is 4.57 Å². The minimum absolute atomic E-state index is 0.652. The van der Waals surface area contributed by atoms with Crippen molar-refractivity contribution in [1.29, 1.82) is 0 Å². The maximum Gasteiger partial charge on any atom is 0.250 e. The predicted molar refractivity (Wildman–Crippen MR) is 85.5 cm³/mol. The zero-order valence-corrected chi connectivity index (χ0v) is 12.5. The molecule has 0 aliphatic heterocycles. The third-order valence-corrected chi connectivity index (χ3v) is 3.56. The minimum Gasteiger partial charge on any atom is -0.307 e. The van der Waals surface area contributed by atoms with E-state index in [0.717, 1.165) is 28.8 Å². The maximum atomic E-state index is 4.55. The Bertz CT molecular complexity index is 815. The number of hydrogen-bond acceptors (Lipinski definition) is 3. The van der Waals surface area contributed by atoms with Crippen LogP contribution in [0.3, 0.4) is 0 Å². The van der Waals surface area contributed by atoms with Crippen LogP contribution in [0.2, 0.25) is 0 Å². The number of imidazole rings is 1. The Hall–Kier alpha value is -2.49. The summed E-state index contributed by atoms with van der Waals surface area (Å²) in [5.41, 5.74) is 5.23. The van der Waals surface area contributed by atoms with Gasteiger partial charge in [0.05, 0.1) is 16.7 Å². The van der Waals surface area contributed by atoms with Gasteiger partial charge in [-0.1, -0.05) is 24.3 Å². The van der Waals surface area contributed by atoms with Crippen molar-refractivity contribution in [3.05, 3.63) is 53.6 Å². The van der Waals surface area contributed by atoms with Crippen molar-refractivity contribution in [3.63, 3.8) is 0 Å². The molecule has 2 aromatic carbocycles. The SMILES string of the molecule is CCn1c(N=Nc2cc(C)ccc2C)nc2ccccc21. The van der Waals surface area contributed by atoms with Gasteiger partial charge in [-0.15, -0.1) is 10.2 Å². The first-order chi connectivity index (χ1) is 10.2. The molecule has 0 amide bonds. The Kier molecular flexibility index (Phi) is 3.52. The fraction of sp³-hybridized carbons (Fsp3) is 0.235. The van der Waals surface area contributed by atoms with Gasteiger partial charge in [-0.05, 0) is 50.1 Å². The molecule has 0 bridgehead atoms. The van der Waals surface area contributed by atoms with Crippen LogP contribution in [0.25, 0.3) is 11.0 Å². The number of fused-ring (bicyclic) bond motifs is 1. The van der Waals surface area contributed by atoms with Crippen molar-refractivity contribution in [2.45, 2.75) is 27.3 Å². The van der Waals surface area contributed by atoms with Crippen LogP contribution in [0.1, 0.15) is 18.1 Å². The van der Waals surface area contributed by atoms with Gasteiger partial charge in [-0.2, -0.15) is 0 Å². The van der Waals surface area contributed by atoms with Gasteiger partial charge in [-0.25, -0.2) is 4.98 Å². The summed E-state index contributed by atoms with van der Waals surface area (Å²) in [6, 6.07) is 14.2. The van der Waals surface area contributed by atoms with E-state index in [-0.39, 0.29) is 0 Å². The summed E-state index contributed by atoms with van der Waals surface area (Å²) in [5.74, 6) is 0.652. The Morgan fingerprint density at radius 1 is 1.05 bits per heavy atom. The topological polar surface area (TPSA) is 42.5 Å². The minimum atomic E-state index is 0.652. The molecule has 0 aliphatic rings. The number of rotatable bonds is 3. The summed E-state index contributed by atoms with van der Waals surface area (Å²) >= 11 is 0. The van der Waals surface area contributed by atoms with Crippen LogP contribution in [-0.2, 0) is 6.54 Å². The summed E-state index contributed by atoms with van der Waals surface area (Å²) in [6.07, 6.45) is 0. The molecule has 0 fully saturated rings. The summed E-state index contributed by atoms with van der Waals surface area (Å²) < 4.78 is 2.07. The number of benzene rings is 2. The molecule has 0 spiro atoms. The molecule has 0 saturated carbocycles. The van der Waals surface area contributed by atoms with Crippen LogP contribution in [0.5, 0.6) is 0 Å². The van der Waals surface area contributed by atoms with Gasteiger partial charge in [0.2, 0.25) is 5.95 Å². The van der Waals surface area contributed by atoms with Gasteiger partial charge in [0.15, 0.2) is 0 Å².